The van der Waals surface area contributed by atoms with E-state index in [1.807, 2.05) is 30.3 Å². The van der Waals surface area contributed by atoms with Gasteiger partial charge in [-0.2, -0.15) is 0 Å². The summed E-state index contributed by atoms with van der Waals surface area (Å²) in [4.78, 5) is 24.8. The molecule has 1 fully saturated rings. The van der Waals surface area contributed by atoms with Crippen molar-refractivity contribution in [1.82, 2.24) is 4.90 Å². The maximum atomic E-state index is 11.8. The van der Waals surface area contributed by atoms with Crippen molar-refractivity contribution in [1.29, 1.82) is 0 Å². The number of hydrogen-bond donors (Lipinski definition) is 2. The molecule has 5 nitrogen and oxygen atoms in total. The summed E-state index contributed by atoms with van der Waals surface area (Å²) in [5.74, 6) is 0.116. The molecular weight excluding hydrogens is 306 g/mol. The van der Waals surface area contributed by atoms with Crippen LogP contribution in [0.3, 0.4) is 0 Å². The van der Waals surface area contributed by atoms with Gasteiger partial charge in [-0.05, 0) is 43.1 Å². The zero-order chi connectivity index (χ0) is 17.7. The maximum Gasteiger partial charge on any atom is 0.408 e. The molecule has 0 aliphatic heterocycles. The standard InChI is InChI=1S/C19H27NO4/c1-13(2)15-8-10-16(11-9-15)20(19(23)24)17(18(21)22)12-14-6-4-3-5-7-14/h3-7,13,15-17H,8-12H2,1-2H3,(H,21,22)(H,23,24)/t15?,16?,17-/m1/s1. The third-order valence-electron chi connectivity index (χ3n) is 5.19. The van der Waals surface area contributed by atoms with Gasteiger partial charge in [0.25, 0.3) is 0 Å². The molecule has 1 amide bonds. The quantitative estimate of drug-likeness (QED) is 0.828. The van der Waals surface area contributed by atoms with Crippen LogP contribution >= 0.6 is 0 Å². The van der Waals surface area contributed by atoms with Crippen LogP contribution in [0.2, 0.25) is 0 Å². The average molecular weight is 333 g/mol. The molecular formula is C19H27NO4. The number of carbonyl (C=O) groups is 2. The van der Waals surface area contributed by atoms with Gasteiger partial charge in [0.15, 0.2) is 0 Å². The normalized spacial score (nSPS) is 22.1. The number of hydrogen-bond acceptors (Lipinski definition) is 2. The zero-order valence-electron chi connectivity index (χ0n) is 14.4. The van der Waals surface area contributed by atoms with Crippen molar-refractivity contribution in [3.8, 4) is 0 Å². The van der Waals surface area contributed by atoms with Gasteiger partial charge in [0, 0.05) is 12.5 Å². The van der Waals surface area contributed by atoms with E-state index in [1.165, 1.54) is 4.90 Å². The number of carboxylic acids is 1. The van der Waals surface area contributed by atoms with Crippen molar-refractivity contribution >= 4 is 12.1 Å². The van der Waals surface area contributed by atoms with Crippen LogP contribution in [0.1, 0.15) is 45.1 Å². The van der Waals surface area contributed by atoms with Crippen molar-refractivity contribution in [3.63, 3.8) is 0 Å². The Balaban J connectivity index is 2.14. The van der Waals surface area contributed by atoms with Crippen LogP contribution in [0, 0.1) is 11.8 Å². The highest BCUT2D eigenvalue weighted by Gasteiger charge is 2.37. The lowest BCUT2D eigenvalue weighted by Crippen LogP contribution is -2.52. The monoisotopic (exact) mass is 333 g/mol. The van der Waals surface area contributed by atoms with Gasteiger partial charge in [-0.1, -0.05) is 44.2 Å². The Labute approximate surface area is 143 Å². The minimum Gasteiger partial charge on any atom is -0.480 e. The minimum absolute atomic E-state index is 0.201. The number of nitrogens with zero attached hydrogens (tertiary/aromatic N) is 1. The van der Waals surface area contributed by atoms with Gasteiger partial charge in [0.05, 0.1) is 0 Å². The van der Waals surface area contributed by atoms with Gasteiger partial charge in [0.2, 0.25) is 0 Å². The molecule has 132 valence electrons. The van der Waals surface area contributed by atoms with E-state index < -0.39 is 18.1 Å². The molecule has 1 saturated carbocycles. The van der Waals surface area contributed by atoms with Crippen LogP contribution in [-0.4, -0.2) is 39.3 Å². The van der Waals surface area contributed by atoms with Crippen LogP contribution < -0.4 is 0 Å². The van der Waals surface area contributed by atoms with E-state index in [-0.39, 0.29) is 12.5 Å². The summed E-state index contributed by atoms with van der Waals surface area (Å²) in [5.41, 5.74) is 0.840. The van der Waals surface area contributed by atoms with Crippen LogP contribution in [0.5, 0.6) is 0 Å². The third kappa shape index (κ3) is 4.49. The van der Waals surface area contributed by atoms with Crippen molar-refractivity contribution < 1.29 is 19.8 Å². The van der Waals surface area contributed by atoms with Crippen molar-refractivity contribution in [2.75, 3.05) is 0 Å². The van der Waals surface area contributed by atoms with Crippen molar-refractivity contribution in [2.45, 2.75) is 58.0 Å². The Morgan fingerprint density at radius 1 is 1.08 bits per heavy atom. The largest absolute Gasteiger partial charge is 0.480 e. The molecule has 0 unspecified atom stereocenters. The van der Waals surface area contributed by atoms with E-state index in [0.29, 0.717) is 11.8 Å². The summed E-state index contributed by atoms with van der Waals surface area (Å²) < 4.78 is 0. The Morgan fingerprint density at radius 3 is 2.12 bits per heavy atom. The van der Waals surface area contributed by atoms with E-state index in [2.05, 4.69) is 13.8 Å². The van der Waals surface area contributed by atoms with E-state index in [9.17, 15) is 19.8 Å². The van der Waals surface area contributed by atoms with Crippen LogP contribution in [0.25, 0.3) is 0 Å². The van der Waals surface area contributed by atoms with Gasteiger partial charge in [-0.25, -0.2) is 9.59 Å². The van der Waals surface area contributed by atoms with E-state index in [1.54, 1.807) is 0 Å². The molecule has 0 spiro atoms. The van der Waals surface area contributed by atoms with Crippen LogP contribution in [0.4, 0.5) is 4.79 Å². The third-order valence-corrected chi connectivity index (χ3v) is 5.19. The van der Waals surface area contributed by atoms with Gasteiger partial charge in [0.1, 0.15) is 6.04 Å². The molecule has 1 aromatic rings. The first kappa shape index (κ1) is 18.3. The summed E-state index contributed by atoms with van der Waals surface area (Å²) in [6.45, 7) is 4.38. The fourth-order valence-corrected chi connectivity index (χ4v) is 3.73. The van der Waals surface area contributed by atoms with Crippen LogP contribution in [0.15, 0.2) is 30.3 Å². The average Bonchev–Trinajstić information content (AvgIpc) is 2.55. The second-order valence-electron chi connectivity index (χ2n) is 7.05. The van der Waals surface area contributed by atoms with E-state index >= 15 is 0 Å². The summed E-state index contributed by atoms with van der Waals surface area (Å²) in [6.07, 6.45) is 2.48. The number of rotatable bonds is 6. The summed E-state index contributed by atoms with van der Waals surface area (Å²) in [7, 11) is 0. The summed E-state index contributed by atoms with van der Waals surface area (Å²) in [6, 6.07) is 7.98. The van der Waals surface area contributed by atoms with Gasteiger partial charge >= 0.3 is 12.1 Å². The molecule has 0 radical (unpaired) electrons. The van der Waals surface area contributed by atoms with Gasteiger partial charge in [-0.15, -0.1) is 0 Å². The van der Waals surface area contributed by atoms with E-state index in [4.69, 9.17) is 0 Å². The molecule has 1 atom stereocenters. The molecule has 1 aromatic carbocycles. The van der Waals surface area contributed by atoms with Crippen molar-refractivity contribution in [3.05, 3.63) is 35.9 Å². The molecule has 0 aromatic heterocycles. The smallest absolute Gasteiger partial charge is 0.408 e. The Kier molecular flexibility index (Phi) is 6.23. The number of aliphatic carboxylic acids is 1. The molecule has 0 bridgehead atoms. The lowest BCUT2D eigenvalue weighted by atomic mass is 9.79. The van der Waals surface area contributed by atoms with Crippen molar-refractivity contribution in [2.24, 2.45) is 11.8 Å². The molecule has 0 saturated heterocycles. The number of benzene rings is 1. The molecule has 2 N–H and O–H groups in total. The van der Waals surface area contributed by atoms with Crippen LogP contribution in [-0.2, 0) is 11.2 Å². The molecule has 5 heteroatoms. The highest BCUT2D eigenvalue weighted by Crippen LogP contribution is 2.33. The predicted molar refractivity (Wildman–Crippen MR) is 92.0 cm³/mol. The highest BCUT2D eigenvalue weighted by atomic mass is 16.4. The topological polar surface area (TPSA) is 77.8 Å². The summed E-state index contributed by atoms with van der Waals surface area (Å²) >= 11 is 0. The van der Waals surface area contributed by atoms with Gasteiger partial charge in [-0.3, -0.25) is 4.90 Å². The number of carboxylic acid groups (broad SMARTS) is 2. The lowest BCUT2D eigenvalue weighted by Gasteiger charge is -2.39. The second-order valence-corrected chi connectivity index (χ2v) is 7.05. The second kappa shape index (κ2) is 8.18. The SMILES string of the molecule is CC(C)C1CCC(N(C(=O)O)[C@H](Cc2ccccc2)C(=O)O)CC1. The minimum atomic E-state index is -1.13. The molecule has 1 aliphatic carbocycles. The van der Waals surface area contributed by atoms with Gasteiger partial charge < -0.3 is 10.2 Å². The molecule has 0 heterocycles. The maximum absolute atomic E-state index is 11.8. The zero-order valence-corrected chi connectivity index (χ0v) is 14.4. The molecule has 2 rings (SSSR count). The molecule has 24 heavy (non-hydrogen) atoms. The predicted octanol–water partition coefficient (Wildman–Crippen LogP) is 3.88. The number of amides is 1. The Bertz CT molecular complexity index is 550. The lowest BCUT2D eigenvalue weighted by molar-refractivity contribution is -0.143. The fraction of sp³-hybridized carbons (Fsp3) is 0.579. The first-order chi connectivity index (χ1) is 11.4. The highest BCUT2D eigenvalue weighted by molar-refractivity contribution is 5.80. The Hall–Kier alpha value is -2.04. The Morgan fingerprint density at radius 2 is 1.67 bits per heavy atom. The first-order valence-corrected chi connectivity index (χ1v) is 8.68. The van der Waals surface area contributed by atoms with E-state index in [0.717, 1.165) is 31.2 Å². The first-order valence-electron chi connectivity index (χ1n) is 8.68. The summed E-state index contributed by atoms with van der Waals surface area (Å²) in [5, 5.41) is 19.3. The fourth-order valence-electron chi connectivity index (χ4n) is 3.73. The molecule has 1 aliphatic rings.